The monoisotopic (exact) mass is 407 g/mol. The largest absolute Gasteiger partial charge is 0.420 e. The molecule has 6 heteroatoms. The zero-order chi connectivity index (χ0) is 19.9. The van der Waals surface area contributed by atoms with E-state index in [2.05, 4.69) is 39.2 Å². The fourth-order valence-corrected chi connectivity index (χ4v) is 5.13. The predicted molar refractivity (Wildman–Crippen MR) is 111 cm³/mol. The number of benzene rings is 1. The number of ketones is 1. The van der Waals surface area contributed by atoms with Crippen molar-refractivity contribution in [2.24, 2.45) is 23.2 Å². The lowest BCUT2D eigenvalue weighted by atomic mass is 9.62. The van der Waals surface area contributed by atoms with Crippen LogP contribution in [0.1, 0.15) is 43.1 Å². The summed E-state index contributed by atoms with van der Waals surface area (Å²) in [5.41, 5.74) is 1.71. The van der Waals surface area contributed by atoms with E-state index in [0.29, 0.717) is 11.6 Å². The first-order chi connectivity index (χ1) is 12.6. The SMILES string of the molecule is C[SiH](C)OC[C@H]([C@@H]1C(=O)N[C@@H]1[C@@H]1CCc2ccc(Cl)cc2C1=O)C(C)(C)C. The molecule has 0 aromatic heterocycles. The molecule has 0 saturated carbocycles. The van der Waals surface area contributed by atoms with Crippen molar-refractivity contribution in [1.29, 1.82) is 0 Å². The van der Waals surface area contributed by atoms with E-state index in [1.807, 2.05) is 12.1 Å². The van der Waals surface area contributed by atoms with Crippen LogP contribution >= 0.6 is 11.6 Å². The van der Waals surface area contributed by atoms with Crippen molar-refractivity contribution in [1.82, 2.24) is 5.32 Å². The third-order valence-corrected chi connectivity index (χ3v) is 7.08. The number of fused-ring (bicyclic) bond motifs is 1. The van der Waals surface area contributed by atoms with E-state index in [-0.39, 0.29) is 40.9 Å². The summed E-state index contributed by atoms with van der Waals surface area (Å²) >= 11 is 6.12. The molecule has 0 unspecified atom stereocenters. The highest BCUT2D eigenvalue weighted by molar-refractivity contribution is 6.48. The smallest absolute Gasteiger partial charge is 0.225 e. The van der Waals surface area contributed by atoms with Crippen LogP contribution in [0.4, 0.5) is 0 Å². The Morgan fingerprint density at radius 1 is 1.30 bits per heavy atom. The van der Waals surface area contributed by atoms with Crippen molar-refractivity contribution in [3.63, 3.8) is 0 Å². The number of hydrogen-bond acceptors (Lipinski definition) is 3. The molecule has 0 spiro atoms. The number of carbonyl (C=O) groups excluding carboxylic acids is 2. The van der Waals surface area contributed by atoms with Crippen LogP contribution in [0.3, 0.4) is 0 Å². The molecular formula is C21H30ClNO3Si. The van der Waals surface area contributed by atoms with Gasteiger partial charge in [-0.2, -0.15) is 0 Å². The minimum Gasteiger partial charge on any atom is -0.420 e. The normalized spacial score (nSPS) is 26.4. The lowest BCUT2D eigenvalue weighted by Gasteiger charge is -2.49. The van der Waals surface area contributed by atoms with Gasteiger partial charge in [0, 0.05) is 23.1 Å². The van der Waals surface area contributed by atoms with Gasteiger partial charge in [-0.05, 0) is 55.0 Å². The summed E-state index contributed by atoms with van der Waals surface area (Å²) in [5, 5.41) is 3.62. The first-order valence-electron chi connectivity index (χ1n) is 9.84. The van der Waals surface area contributed by atoms with Crippen LogP contribution in [-0.2, 0) is 15.6 Å². The highest BCUT2D eigenvalue weighted by Gasteiger charge is 2.53. The molecule has 1 saturated heterocycles. The molecule has 1 amide bonds. The summed E-state index contributed by atoms with van der Waals surface area (Å²) in [6, 6.07) is 5.45. The Kier molecular flexibility index (Phi) is 5.85. The van der Waals surface area contributed by atoms with Crippen LogP contribution in [0.15, 0.2) is 18.2 Å². The Bertz CT molecular complexity index is 743. The number of nitrogens with one attached hydrogen (secondary N) is 1. The number of rotatable bonds is 5. The summed E-state index contributed by atoms with van der Waals surface area (Å²) in [7, 11) is -1.18. The number of Topliss-reactive ketones (excluding diaryl/α,β-unsaturated/α-hetero) is 1. The standard InChI is InChI=1S/C21H30ClNO3Si/c1-21(2,3)16(11-26-27(4)5)17-18(23-20(17)25)14-9-7-12-6-8-13(22)10-15(12)19(14)24/h6,8,10,14,16-18,27H,7,9,11H2,1-5H3,(H,23,25)/t14-,16+,17-,18+/m0/s1. The molecule has 3 rings (SSSR count). The van der Waals surface area contributed by atoms with Crippen LogP contribution in [0, 0.1) is 23.2 Å². The van der Waals surface area contributed by atoms with Gasteiger partial charge >= 0.3 is 0 Å². The molecule has 4 atom stereocenters. The van der Waals surface area contributed by atoms with Crippen molar-refractivity contribution < 1.29 is 14.0 Å². The van der Waals surface area contributed by atoms with Gasteiger partial charge in [-0.1, -0.05) is 38.4 Å². The molecule has 1 fully saturated rings. The Hall–Kier alpha value is -1.17. The fraction of sp³-hybridized carbons (Fsp3) is 0.619. The maximum absolute atomic E-state index is 13.2. The van der Waals surface area contributed by atoms with Crippen molar-refractivity contribution in [3.05, 3.63) is 34.3 Å². The molecule has 0 radical (unpaired) electrons. The highest BCUT2D eigenvalue weighted by Crippen LogP contribution is 2.43. The number of aryl methyl sites for hydroxylation is 1. The highest BCUT2D eigenvalue weighted by atomic mass is 35.5. The van der Waals surface area contributed by atoms with Crippen LogP contribution in [0.25, 0.3) is 0 Å². The first-order valence-corrected chi connectivity index (χ1v) is 13.0. The van der Waals surface area contributed by atoms with E-state index in [9.17, 15) is 9.59 Å². The summed E-state index contributed by atoms with van der Waals surface area (Å²) < 4.78 is 6.03. The van der Waals surface area contributed by atoms with Crippen molar-refractivity contribution in [2.75, 3.05) is 6.61 Å². The maximum atomic E-state index is 13.2. The molecule has 1 aromatic rings. The fourth-order valence-electron chi connectivity index (χ4n) is 4.37. The lowest BCUT2D eigenvalue weighted by Crippen LogP contribution is -2.67. The minimum absolute atomic E-state index is 0.0543. The van der Waals surface area contributed by atoms with E-state index in [0.717, 1.165) is 24.0 Å². The predicted octanol–water partition coefficient (Wildman–Crippen LogP) is 3.86. The van der Waals surface area contributed by atoms with Crippen molar-refractivity contribution in [2.45, 2.75) is 52.7 Å². The topological polar surface area (TPSA) is 55.4 Å². The molecule has 0 bridgehead atoms. The molecule has 1 aliphatic heterocycles. The van der Waals surface area contributed by atoms with Gasteiger partial charge in [0.1, 0.15) is 0 Å². The number of β-lactam (4-membered cyclic amide) rings is 1. The molecule has 1 aliphatic carbocycles. The Balaban J connectivity index is 1.84. The average molecular weight is 408 g/mol. The second-order valence-electron chi connectivity index (χ2n) is 9.23. The zero-order valence-corrected chi connectivity index (χ0v) is 18.8. The van der Waals surface area contributed by atoms with Gasteiger partial charge < -0.3 is 9.74 Å². The quantitative estimate of drug-likeness (QED) is 0.595. The molecule has 4 nitrogen and oxygen atoms in total. The van der Waals surface area contributed by atoms with Crippen LogP contribution in [-0.4, -0.2) is 33.4 Å². The molecule has 1 aromatic carbocycles. The minimum atomic E-state index is -1.18. The van der Waals surface area contributed by atoms with Gasteiger partial charge in [-0.15, -0.1) is 0 Å². The maximum Gasteiger partial charge on any atom is 0.225 e. The Labute approximate surface area is 168 Å². The van der Waals surface area contributed by atoms with Crippen LogP contribution in [0.2, 0.25) is 18.1 Å². The number of hydrogen-bond donors (Lipinski definition) is 1. The number of halogens is 1. The Morgan fingerprint density at radius 2 is 2.00 bits per heavy atom. The van der Waals surface area contributed by atoms with Gasteiger partial charge in [0.15, 0.2) is 14.8 Å². The molecular weight excluding hydrogens is 378 g/mol. The van der Waals surface area contributed by atoms with Gasteiger partial charge in [-0.3, -0.25) is 9.59 Å². The summed E-state index contributed by atoms with van der Waals surface area (Å²) in [6.07, 6.45) is 1.61. The molecule has 148 valence electrons. The lowest BCUT2D eigenvalue weighted by molar-refractivity contribution is -0.143. The third kappa shape index (κ3) is 4.15. The zero-order valence-electron chi connectivity index (χ0n) is 16.8. The summed E-state index contributed by atoms with van der Waals surface area (Å²) in [6.45, 7) is 11.3. The Morgan fingerprint density at radius 3 is 2.59 bits per heavy atom. The molecule has 27 heavy (non-hydrogen) atoms. The summed E-state index contributed by atoms with van der Waals surface area (Å²) in [4.78, 5) is 25.7. The van der Waals surface area contributed by atoms with E-state index in [1.165, 1.54) is 0 Å². The molecule has 1 heterocycles. The van der Waals surface area contributed by atoms with Gasteiger partial charge in [0.2, 0.25) is 5.91 Å². The second-order valence-corrected chi connectivity index (χ2v) is 12.1. The average Bonchev–Trinajstić information content (AvgIpc) is 2.56. The van der Waals surface area contributed by atoms with Gasteiger partial charge in [0.05, 0.1) is 12.0 Å². The molecule has 2 aliphatic rings. The van der Waals surface area contributed by atoms with Crippen molar-refractivity contribution >= 4 is 32.3 Å². The molecule has 1 N–H and O–H groups in total. The van der Waals surface area contributed by atoms with E-state index < -0.39 is 9.04 Å². The first kappa shape index (κ1) is 20.6. The number of amides is 1. The van der Waals surface area contributed by atoms with E-state index in [4.69, 9.17) is 16.0 Å². The van der Waals surface area contributed by atoms with Crippen LogP contribution < -0.4 is 5.32 Å². The number of carbonyl (C=O) groups is 2. The second kappa shape index (κ2) is 7.68. The van der Waals surface area contributed by atoms with Gasteiger partial charge in [-0.25, -0.2) is 0 Å². The van der Waals surface area contributed by atoms with E-state index in [1.54, 1.807) is 6.07 Å². The van der Waals surface area contributed by atoms with Gasteiger partial charge in [0.25, 0.3) is 0 Å². The van der Waals surface area contributed by atoms with Crippen molar-refractivity contribution in [3.8, 4) is 0 Å². The summed E-state index contributed by atoms with van der Waals surface area (Å²) in [5.74, 6) is -0.0915. The van der Waals surface area contributed by atoms with Crippen LogP contribution in [0.5, 0.6) is 0 Å². The third-order valence-electron chi connectivity index (χ3n) is 5.99. The van der Waals surface area contributed by atoms with E-state index >= 15 is 0 Å².